The van der Waals surface area contributed by atoms with Crippen LogP contribution in [0.3, 0.4) is 0 Å². The second-order valence-electron chi connectivity index (χ2n) is 21.6. The summed E-state index contributed by atoms with van der Waals surface area (Å²) >= 11 is 0. The van der Waals surface area contributed by atoms with Crippen molar-refractivity contribution in [1.82, 2.24) is 10.6 Å². The number of unbranched alkanes of at least 4 members (excludes halogenated alkanes) is 50. The highest BCUT2D eigenvalue weighted by atomic mass is 16.5. The van der Waals surface area contributed by atoms with E-state index >= 15 is 0 Å². The van der Waals surface area contributed by atoms with Crippen LogP contribution in [-0.4, -0.2) is 38.6 Å². The Morgan fingerprint density at radius 3 is 0.791 bits per heavy atom. The minimum atomic E-state index is -0.0257. The predicted molar refractivity (Wildman–Crippen MR) is 298 cm³/mol. The van der Waals surface area contributed by atoms with Gasteiger partial charge in [0.15, 0.2) is 0 Å². The van der Waals surface area contributed by atoms with Crippen molar-refractivity contribution in [1.29, 1.82) is 0 Å². The molecule has 0 aromatic heterocycles. The van der Waals surface area contributed by atoms with Crippen LogP contribution in [0.1, 0.15) is 360 Å². The van der Waals surface area contributed by atoms with Crippen molar-refractivity contribution in [2.24, 2.45) is 0 Å². The summed E-state index contributed by atoms with van der Waals surface area (Å²) in [4.78, 5) is 23.8. The standard InChI is InChI=1S/C62H124N2O3/c1-3-4-5-6-7-8-9-10-11-12-13-14-15-16-17-18-19-20-21-22-23-24-25-26-27-28-29-30-31-32-33-34-35-36-37-38-39-40-41-42-43-44-45-48-51-54-60-67-62(66)57-53-50-47-46-49-52-56-61(65)64-59-55-58-63-2/h63H,3-60H2,1-2H3,(H,64,65). The van der Waals surface area contributed by atoms with Crippen LogP contribution in [-0.2, 0) is 14.3 Å². The second-order valence-corrected chi connectivity index (χ2v) is 21.6. The lowest BCUT2D eigenvalue weighted by Crippen LogP contribution is -2.26. The molecule has 0 bridgehead atoms. The Morgan fingerprint density at radius 2 is 0.522 bits per heavy atom. The Hall–Kier alpha value is -1.10. The molecule has 0 rings (SSSR count). The summed E-state index contributed by atoms with van der Waals surface area (Å²) in [7, 11) is 1.93. The van der Waals surface area contributed by atoms with Crippen molar-refractivity contribution in [3.63, 3.8) is 0 Å². The minimum absolute atomic E-state index is 0.0257. The van der Waals surface area contributed by atoms with E-state index in [0.29, 0.717) is 19.4 Å². The number of ether oxygens (including phenoxy) is 1. The maximum Gasteiger partial charge on any atom is 0.305 e. The molecule has 0 fully saturated rings. The van der Waals surface area contributed by atoms with Crippen LogP contribution in [0.4, 0.5) is 0 Å². The first-order valence-corrected chi connectivity index (χ1v) is 31.3. The van der Waals surface area contributed by atoms with E-state index in [2.05, 4.69) is 17.6 Å². The van der Waals surface area contributed by atoms with Crippen molar-refractivity contribution in [2.75, 3.05) is 26.7 Å². The second kappa shape index (κ2) is 61.0. The Bertz CT molecular complexity index is 926. The molecular weight excluding hydrogens is 821 g/mol. The van der Waals surface area contributed by atoms with Gasteiger partial charge >= 0.3 is 5.97 Å². The lowest BCUT2D eigenvalue weighted by molar-refractivity contribution is -0.143. The number of hydrogen-bond donors (Lipinski definition) is 2. The zero-order valence-electron chi connectivity index (χ0n) is 46.2. The highest BCUT2D eigenvalue weighted by Gasteiger charge is 2.05. The zero-order chi connectivity index (χ0) is 48.3. The van der Waals surface area contributed by atoms with Crippen LogP contribution in [0.25, 0.3) is 0 Å². The molecule has 0 aromatic rings. The van der Waals surface area contributed by atoms with E-state index in [-0.39, 0.29) is 11.9 Å². The van der Waals surface area contributed by atoms with Crippen LogP contribution in [0.15, 0.2) is 0 Å². The third-order valence-corrected chi connectivity index (χ3v) is 14.7. The van der Waals surface area contributed by atoms with Gasteiger partial charge in [-0.15, -0.1) is 0 Å². The van der Waals surface area contributed by atoms with Crippen LogP contribution < -0.4 is 10.6 Å². The Labute approximate surface area is 422 Å². The highest BCUT2D eigenvalue weighted by molar-refractivity contribution is 5.75. The van der Waals surface area contributed by atoms with E-state index in [1.165, 1.54) is 289 Å². The largest absolute Gasteiger partial charge is 0.466 e. The van der Waals surface area contributed by atoms with Crippen molar-refractivity contribution < 1.29 is 14.3 Å². The monoisotopic (exact) mass is 945 g/mol. The fraction of sp³-hybridized carbons (Fsp3) is 0.968. The summed E-state index contributed by atoms with van der Waals surface area (Å²) in [6.45, 7) is 4.60. The van der Waals surface area contributed by atoms with Crippen LogP contribution in [0.2, 0.25) is 0 Å². The van der Waals surface area contributed by atoms with Gasteiger partial charge in [0.25, 0.3) is 0 Å². The third kappa shape index (κ3) is 61.0. The molecule has 0 saturated carbocycles. The molecule has 67 heavy (non-hydrogen) atoms. The van der Waals surface area contributed by atoms with Crippen molar-refractivity contribution in [3.8, 4) is 0 Å². The van der Waals surface area contributed by atoms with Crippen LogP contribution >= 0.6 is 0 Å². The van der Waals surface area contributed by atoms with Gasteiger partial charge in [-0.3, -0.25) is 9.59 Å². The number of rotatable bonds is 60. The van der Waals surface area contributed by atoms with Crippen LogP contribution in [0.5, 0.6) is 0 Å². The maximum atomic E-state index is 12.0. The van der Waals surface area contributed by atoms with Crippen molar-refractivity contribution in [2.45, 2.75) is 360 Å². The fourth-order valence-electron chi connectivity index (χ4n) is 10.1. The van der Waals surface area contributed by atoms with Gasteiger partial charge < -0.3 is 15.4 Å². The van der Waals surface area contributed by atoms with Gasteiger partial charge in [0, 0.05) is 19.4 Å². The van der Waals surface area contributed by atoms with Gasteiger partial charge in [-0.05, 0) is 39.3 Å². The van der Waals surface area contributed by atoms with E-state index in [1.54, 1.807) is 0 Å². The van der Waals surface area contributed by atoms with E-state index in [0.717, 1.165) is 64.5 Å². The molecule has 0 aliphatic heterocycles. The number of carbonyl (C=O) groups is 2. The minimum Gasteiger partial charge on any atom is -0.466 e. The predicted octanol–water partition coefficient (Wildman–Crippen LogP) is 20.3. The number of carbonyl (C=O) groups excluding carboxylic acids is 2. The zero-order valence-corrected chi connectivity index (χ0v) is 46.2. The Balaban J connectivity index is 3.14. The summed E-state index contributed by atoms with van der Waals surface area (Å²) in [5.74, 6) is 0.147. The topological polar surface area (TPSA) is 67.4 Å². The van der Waals surface area contributed by atoms with Gasteiger partial charge in [-0.25, -0.2) is 0 Å². The number of esters is 1. The molecular formula is C62H124N2O3. The normalized spacial score (nSPS) is 11.5. The average molecular weight is 946 g/mol. The van der Waals surface area contributed by atoms with E-state index in [4.69, 9.17) is 4.74 Å². The molecule has 400 valence electrons. The SMILES string of the molecule is CCCCCCCCCCCCCCCCCCCCCCCCCCCCCCCCCCCCCCCCCCCCCCCCOC(=O)CCCCCCCCC(=O)NCCCNC. The molecule has 1 amide bonds. The molecule has 0 radical (unpaired) electrons. The third-order valence-electron chi connectivity index (χ3n) is 14.7. The molecule has 0 aliphatic rings. The molecule has 0 heterocycles. The Morgan fingerprint density at radius 1 is 0.284 bits per heavy atom. The van der Waals surface area contributed by atoms with E-state index < -0.39 is 0 Å². The van der Waals surface area contributed by atoms with Gasteiger partial charge in [0.1, 0.15) is 0 Å². The molecule has 0 aromatic carbocycles. The summed E-state index contributed by atoms with van der Waals surface area (Å²) in [6, 6.07) is 0. The first-order valence-electron chi connectivity index (χ1n) is 31.3. The van der Waals surface area contributed by atoms with Crippen molar-refractivity contribution in [3.05, 3.63) is 0 Å². The number of nitrogens with one attached hydrogen (secondary N) is 2. The molecule has 0 saturated heterocycles. The van der Waals surface area contributed by atoms with Crippen molar-refractivity contribution >= 4 is 11.9 Å². The number of amides is 1. The van der Waals surface area contributed by atoms with Gasteiger partial charge in [0.2, 0.25) is 5.91 Å². The lowest BCUT2D eigenvalue weighted by atomic mass is 10.0. The van der Waals surface area contributed by atoms with Gasteiger partial charge in [-0.2, -0.15) is 0 Å². The Kier molecular flexibility index (Phi) is 60.0. The molecule has 0 aliphatic carbocycles. The quantitative estimate of drug-likeness (QED) is 0.0471. The molecule has 0 spiro atoms. The molecule has 0 atom stereocenters. The first kappa shape index (κ1) is 65.9. The molecule has 5 heteroatoms. The molecule has 5 nitrogen and oxygen atoms in total. The van der Waals surface area contributed by atoms with Gasteiger partial charge in [0.05, 0.1) is 6.61 Å². The summed E-state index contributed by atoms with van der Waals surface area (Å²) in [5, 5.41) is 6.07. The molecule has 0 unspecified atom stereocenters. The summed E-state index contributed by atoms with van der Waals surface area (Å²) in [6.07, 6.45) is 74.8. The fourth-order valence-corrected chi connectivity index (χ4v) is 10.1. The lowest BCUT2D eigenvalue weighted by Gasteiger charge is -2.06. The smallest absolute Gasteiger partial charge is 0.305 e. The average Bonchev–Trinajstić information content (AvgIpc) is 3.33. The number of hydrogen-bond acceptors (Lipinski definition) is 4. The van der Waals surface area contributed by atoms with Gasteiger partial charge in [-0.1, -0.05) is 322 Å². The summed E-state index contributed by atoms with van der Waals surface area (Å²) in [5.41, 5.74) is 0. The summed E-state index contributed by atoms with van der Waals surface area (Å²) < 4.78 is 5.46. The first-order chi connectivity index (χ1) is 33.2. The van der Waals surface area contributed by atoms with E-state index in [1.807, 2.05) is 7.05 Å². The molecule has 2 N–H and O–H groups in total. The highest BCUT2D eigenvalue weighted by Crippen LogP contribution is 2.19. The van der Waals surface area contributed by atoms with Crippen LogP contribution in [0, 0.1) is 0 Å². The maximum absolute atomic E-state index is 12.0. The van der Waals surface area contributed by atoms with E-state index in [9.17, 15) is 9.59 Å².